The molecule has 172 valence electrons. The minimum absolute atomic E-state index is 0.00395. The fourth-order valence-electron chi connectivity index (χ4n) is 3.50. The van der Waals surface area contributed by atoms with Crippen LogP contribution in [0.3, 0.4) is 0 Å². The number of nitrogens with one attached hydrogen (secondary N) is 2. The average Bonchev–Trinajstić information content (AvgIpc) is 3.02. The van der Waals surface area contributed by atoms with Gasteiger partial charge in [0.25, 0.3) is 10.0 Å². The van der Waals surface area contributed by atoms with E-state index in [-0.39, 0.29) is 51.8 Å². The maximum Gasteiger partial charge on any atom is 0.265 e. The summed E-state index contributed by atoms with van der Waals surface area (Å²) < 4.78 is 48.4. The van der Waals surface area contributed by atoms with Gasteiger partial charge in [-0.15, -0.1) is 0 Å². The number of aromatic nitrogens is 2. The lowest BCUT2D eigenvalue weighted by atomic mass is 10.1. The molecular weight excluding hydrogens is 475 g/mol. The van der Waals surface area contributed by atoms with Crippen molar-refractivity contribution >= 4 is 44.9 Å². The molecule has 12 heteroatoms. The molecule has 0 spiro atoms. The van der Waals surface area contributed by atoms with E-state index < -0.39 is 15.8 Å². The Labute approximate surface area is 193 Å². The molecule has 0 atom stereocenters. The molecule has 2 N–H and O–H groups in total. The molecule has 1 aromatic heterocycles. The number of rotatable bonds is 5. The number of fused-ring (bicyclic) bond motifs is 1. The number of aryl methyl sites for hydroxylation is 1. The Hall–Kier alpha value is -3.44. The molecule has 0 radical (unpaired) electrons. The number of hydrogen-bond donors (Lipinski definition) is 2. The smallest absolute Gasteiger partial charge is 0.265 e. The third-order valence-corrected chi connectivity index (χ3v) is 6.74. The third-order valence-electron chi connectivity index (χ3n) is 5.04. The zero-order valence-electron chi connectivity index (χ0n) is 17.5. The lowest BCUT2D eigenvalue weighted by molar-refractivity contribution is -0.116. The molecule has 0 saturated heterocycles. The molecule has 1 aliphatic rings. The second-order valence-electron chi connectivity index (χ2n) is 7.26. The van der Waals surface area contributed by atoms with Crippen molar-refractivity contribution in [3.8, 4) is 16.9 Å². The SMILES string of the molecule is COc1ccc(-c2c(C)nn3c2NC(=O)CCC3=O)cc1S(=O)(=O)Nc1ccc(F)cc1Cl. The maximum absolute atomic E-state index is 13.3. The van der Waals surface area contributed by atoms with E-state index >= 15 is 0 Å². The largest absolute Gasteiger partial charge is 0.495 e. The van der Waals surface area contributed by atoms with Crippen LogP contribution in [0.2, 0.25) is 5.02 Å². The molecule has 3 aromatic rings. The van der Waals surface area contributed by atoms with E-state index in [9.17, 15) is 22.4 Å². The monoisotopic (exact) mass is 492 g/mol. The van der Waals surface area contributed by atoms with Gasteiger partial charge in [0, 0.05) is 18.4 Å². The number of hydrogen-bond acceptors (Lipinski definition) is 6. The molecule has 4 rings (SSSR count). The number of ether oxygens (including phenoxy) is 1. The van der Waals surface area contributed by atoms with Crippen LogP contribution >= 0.6 is 11.6 Å². The number of halogens is 2. The van der Waals surface area contributed by atoms with Gasteiger partial charge in [0.1, 0.15) is 22.3 Å². The number of carbonyl (C=O) groups excluding carboxylic acids is 2. The van der Waals surface area contributed by atoms with Crippen molar-refractivity contribution in [3.63, 3.8) is 0 Å². The molecule has 9 nitrogen and oxygen atoms in total. The van der Waals surface area contributed by atoms with Gasteiger partial charge in [-0.1, -0.05) is 17.7 Å². The summed E-state index contributed by atoms with van der Waals surface area (Å²) in [6.45, 7) is 1.64. The van der Waals surface area contributed by atoms with Gasteiger partial charge in [-0.05, 0) is 42.8 Å². The van der Waals surface area contributed by atoms with Gasteiger partial charge in [0.2, 0.25) is 11.8 Å². The van der Waals surface area contributed by atoms with Crippen LogP contribution in [0.5, 0.6) is 5.75 Å². The molecule has 0 bridgehead atoms. The van der Waals surface area contributed by atoms with Gasteiger partial charge < -0.3 is 10.1 Å². The van der Waals surface area contributed by atoms with Crippen LogP contribution < -0.4 is 14.8 Å². The zero-order chi connectivity index (χ0) is 23.9. The van der Waals surface area contributed by atoms with Crippen molar-refractivity contribution in [3.05, 3.63) is 52.9 Å². The molecule has 0 saturated carbocycles. The summed E-state index contributed by atoms with van der Waals surface area (Å²) in [5.41, 5.74) is 1.19. The predicted molar refractivity (Wildman–Crippen MR) is 120 cm³/mol. The fraction of sp³-hybridized carbons (Fsp3) is 0.190. The molecule has 2 aromatic carbocycles. The topological polar surface area (TPSA) is 119 Å². The zero-order valence-corrected chi connectivity index (χ0v) is 19.1. The van der Waals surface area contributed by atoms with Gasteiger partial charge in [-0.3, -0.25) is 14.3 Å². The van der Waals surface area contributed by atoms with E-state index in [0.717, 1.165) is 16.8 Å². The molecule has 0 fully saturated rings. The Bertz CT molecular complexity index is 1400. The second-order valence-corrected chi connectivity index (χ2v) is 9.32. The van der Waals surface area contributed by atoms with Gasteiger partial charge >= 0.3 is 0 Å². The van der Waals surface area contributed by atoms with Crippen molar-refractivity contribution in [2.45, 2.75) is 24.7 Å². The summed E-state index contributed by atoms with van der Waals surface area (Å²) in [4.78, 5) is 24.2. The van der Waals surface area contributed by atoms with Crippen LogP contribution in [0, 0.1) is 12.7 Å². The van der Waals surface area contributed by atoms with Crippen LogP contribution in [0.25, 0.3) is 11.1 Å². The first-order valence-electron chi connectivity index (χ1n) is 9.69. The van der Waals surface area contributed by atoms with Gasteiger partial charge in [-0.2, -0.15) is 9.78 Å². The van der Waals surface area contributed by atoms with E-state index in [1.54, 1.807) is 13.0 Å². The number of nitrogens with zero attached hydrogens (tertiary/aromatic N) is 2. The molecule has 1 aliphatic heterocycles. The first-order valence-corrected chi connectivity index (χ1v) is 11.6. The Morgan fingerprint density at radius 1 is 1.18 bits per heavy atom. The number of anilines is 2. The highest BCUT2D eigenvalue weighted by molar-refractivity contribution is 7.92. The summed E-state index contributed by atoms with van der Waals surface area (Å²) in [5.74, 6) is -1.11. The standard InChI is InChI=1S/C21H18ClFN4O5S/c1-11-20(21-24-18(28)7-8-19(29)27(21)25-11)12-3-6-16(32-2)17(9-12)33(30,31)26-15-5-4-13(23)10-14(15)22/h3-6,9-10,26H,7-8H2,1-2H3,(H,24,28). The number of benzene rings is 2. The highest BCUT2D eigenvalue weighted by atomic mass is 35.5. The van der Waals surface area contributed by atoms with Gasteiger partial charge in [0.15, 0.2) is 0 Å². The Balaban J connectivity index is 1.83. The van der Waals surface area contributed by atoms with Gasteiger partial charge in [-0.25, -0.2) is 12.8 Å². The van der Waals surface area contributed by atoms with E-state index in [4.69, 9.17) is 16.3 Å². The molecule has 33 heavy (non-hydrogen) atoms. The lowest BCUT2D eigenvalue weighted by Crippen LogP contribution is -2.15. The highest BCUT2D eigenvalue weighted by Crippen LogP contribution is 2.37. The number of carbonyl (C=O) groups is 2. The summed E-state index contributed by atoms with van der Waals surface area (Å²) in [7, 11) is -2.92. The van der Waals surface area contributed by atoms with Gasteiger partial charge in [0.05, 0.1) is 23.5 Å². The normalized spacial score (nSPS) is 13.8. The lowest BCUT2D eigenvalue weighted by Gasteiger charge is -2.14. The Morgan fingerprint density at radius 2 is 1.94 bits per heavy atom. The Morgan fingerprint density at radius 3 is 2.64 bits per heavy atom. The second kappa shape index (κ2) is 8.49. The van der Waals surface area contributed by atoms with E-state index in [1.807, 2.05) is 0 Å². The van der Waals surface area contributed by atoms with E-state index in [1.165, 1.54) is 25.3 Å². The first-order chi connectivity index (χ1) is 15.6. The van der Waals surface area contributed by atoms with Crippen LogP contribution in [-0.4, -0.2) is 37.1 Å². The third kappa shape index (κ3) is 4.29. The van der Waals surface area contributed by atoms with Crippen molar-refractivity contribution in [1.82, 2.24) is 9.78 Å². The molecule has 1 amide bonds. The minimum Gasteiger partial charge on any atom is -0.495 e. The predicted octanol–water partition coefficient (Wildman–Crippen LogP) is 3.83. The minimum atomic E-state index is -4.23. The molecule has 0 unspecified atom stereocenters. The average molecular weight is 493 g/mol. The summed E-state index contributed by atoms with van der Waals surface area (Å²) in [6, 6.07) is 7.63. The fourth-order valence-corrected chi connectivity index (χ4v) is 5.05. The van der Waals surface area contributed by atoms with E-state index in [2.05, 4.69) is 15.1 Å². The number of methoxy groups -OCH3 is 1. The number of amides is 1. The van der Waals surface area contributed by atoms with Crippen LogP contribution in [-0.2, 0) is 14.8 Å². The molecule has 2 heterocycles. The first kappa shape index (κ1) is 22.7. The van der Waals surface area contributed by atoms with Crippen LogP contribution in [0.4, 0.5) is 15.9 Å². The van der Waals surface area contributed by atoms with Crippen molar-refractivity contribution in [1.29, 1.82) is 0 Å². The van der Waals surface area contributed by atoms with Crippen LogP contribution in [0.1, 0.15) is 23.3 Å². The summed E-state index contributed by atoms with van der Waals surface area (Å²) >= 11 is 5.97. The molecule has 0 aliphatic carbocycles. The van der Waals surface area contributed by atoms with Crippen molar-refractivity contribution < 1.29 is 27.1 Å². The Kier molecular flexibility index (Phi) is 5.85. The summed E-state index contributed by atoms with van der Waals surface area (Å²) in [6.07, 6.45) is 0.0231. The quantitative estimate of drug-likeness (QED) is 0.558. The van der Waals surface area contributed by atoms with Crippen LogP contribution in [0.15, 0.2) is 41.3 Å². The van der Waals surface area contributed by atoms with Crippen molar-refractivity contribution in [2.24, 2.45) is 0 Å². The summed E-state index contributed by atoms with van der Waals surface area (Å²) in [5, 5.41) is 6.78. The molecular formula is C21H18ClFN4O5S. The highest BCUT2D eigenvalue weighted by Gasteiger charge is 2.28. The maximum atomic E-state index is 13.3. The van der Waals surface area contributed by atoms with E-state index in [0.29, 0.717) is 16.8 Å². The van der Waals surface area contributed by atoms with Crippen molar-refractivity contribution in [2.75, 3.05) is 17.1 Å². The number of sulfonamides is 1.